The van der Waals surface area contributed by atoms with Crippen LogP contribution in [0.3, 0.4) is 0 Å². The summed E-state index contributed by atoms with van der Waals surface area (Å²) < 4.78 is 11.9. The molecule has 1 saturated heterocycles. The largest absolute Gasteiger partial charge is 0.461 e. The molecular formula is C17H19N9O2. The van der Waals surface area contributed by atoms with E-state index in [9.17, 15) is 0 Å². The number of nitrogens with zero attached hydrogens (tertiary/aromatic N) is 8. The highest BCUT2D eigenvalue weighted by Gasteiger charge is 2.22. The van der Waals surface area contributed by atoms with Gasteiger partial charge in [0.05, 0.1) is 12.0 Å². The first-order valence-electron chi connectivity index (χ1n) is 8.99. The molecular weight excluding hydrogens is 362 g/mol. The number of furan rings is 1. The second-order valence-corrected chi connectivity index (χ2v) is 6.70. The summed E-state index contributed by atoms with van der Waals surface area (Å²) in [5.74, 6) is 3.01. The van der Waals surface area contributed by atoms with Gasteiger partial charge in [-0.2, -0.15) is 19.5 Å². The summed E-state index contributed by atoms with van der Waals surface area (Å²) in [6, 6.07) is 5.53. The van der Waals surface area contributed by atoms with Gasteiger partial charge in [0.1, 0.15) is 5.76 Å². The van der Waals surface area contributed by atoms with Crippen LogP contribution in [-0.2, 0) is 6.54 Å². The van der Waals surface area contributed by atoms with E-state index >= 15 is 0 Å². The number of hydrogen-bond acceptors (Lipinski definition) is 10. The van der Waals surface area contributed by atoms with Crippen molar-refractivity contribution >= 4 is 17.7 Å². The van der Waals surface area contributed by atoms with E-state index in [0.29, 0.717) is 23.3 Å². The van der Waals surface area contributed by atoms with E-state index in [0.717, 1.165) is 44.2 Å². The number of piperazine rings is 1. The summed E-state index contributed by atoms with van der Waals surface area (Å²) in [7, 11) is 0. The van der Waals surface area contributed by atoms with Crippen molar-refractivity contribution in [2.24, 2.45) is 0 Å². The van der Waals surface area contributed by atoms with Gasteiger partial charge in [-0.3, -0.25) is 4.90 Å². The molecule has 0 aromatic carbocycles. The molecule has 0 bridgehead atoms. The smallest absolute Gasteiger partial charge is 0.259 e. The molecule has 0 unspecified atom stereocenters. The lowest BCUT2D eigenvalue weighted by molar-refractivity contribution is 0.240. The summed E-state index contributed by atoms with van der Waals surface area (Å²) in [6.07, 6.45) is 1.57. The lowest BCUT2D eigenvalue weighted by atomic mass is 10.3. The molecule has 0 radical (unpaired) electrons. The Bertz CT molecular complexity index is 1090. The highest BCUT2D eigenvalue weighted by atomic mass is 16.5. The van der Waals surface area contributed by atoms with Crippen LogP contribution < -0.4 is 10.6 Å². The van der Waals surface area contributed by atoms with Gasteiger partial charge in [-0.15, -0.1) is 5.10 Å². The van der Waals surface area contributed by atoms with Crippen molar-refractivity contribution in [2.75, 3.05) is 36.8 Å². The third-order valence-electron chi connectivity index (χ3n) is 4.68. The van der Waals surface area contributed by atoms with Gasteiger partial charge in [0.25, 0.3) is 5.78 Å². The van der Waals surface area contributed by atoms with Crippen LogP contribution in [-0.4, -0.2) is 60.8 Å². The highest BCUT2D eigenvalue weighted by molar-refractivity contribution is 5.53. The van der Waals surface area contributed by atoms with Crippen LogP contribution in [0.2, 0.25) is 0 Å². The molecule has 11 nitrogen and oxygen atoms in total. The molecule has 0 spiro atoms. The molecule has 144 valence electrons. The Balaban J connectivity index is 1.32. The van der Waals surface area contributed by atoms with E-state index < -0.39 is 0 Å². The Morgan fingerprint density at radius 1 is 1.14 bits per heavy atom. The van der Waals surface area contributed by atoms with Gasteiger partial charge in [0.15, 0.2) is 5.76 Å². The van der Waals surface area contributed by atoms with E-state index in [1.807, 2.05) is 13.0 Å². The fourth-order valence-electron chi connectivity index (χ4n) is 3.27. The molecule has 5 rings (SSSR count). The molecule has 1 aliphatic heterocycles. The van der Waals surface area contributed by atoms with Gasteiger partial charge in [-0.05, 0) is 19.1 Å². The van der Waals surface area contributed by atoms with Crippen LogP contribution in [0, 0.1) is 6.92 Å². The van der Waals surface area contributed by atoms with E-state index in [1.165, 1.54) is 4.52 Å². The number of aryl methyl sites for hydroxylation is 1. The molecule has 0 atom stereocenters. The van der Waals surface area contributed by atoms with Crippen molar-refractivity contribution in [1.29, 1.82) is 0 Å². The minimum Gasteiger partial charge on any atom is -0.461 e. The summed E-state index contributed by atoms with van der Waals surface area (Å²) in [5, 5.41) is 8.38. The fourth-order valence-corrected chi connectivity index (χ4v) is 3.27. The Kier molecular flexibility index (Phi) is 3.93. The van der Waals surface area contributed by atoms with E-state index in [4.69, 9.17) is 14.7 Å². The van der Waals surface area contributed by atoms with Crippen LogP contribution in [0.1, 0.15) is 11.5 Å². The third kappa shape index (κ3) is 3.05. The summed E-state index contributed by atoms with van der Waals surface area (Å²) in [5.41, 5.74) is 7.03. The topological polar surface area (TPSA) is 128 Å². The van der Waals surface area contributed by atoms with Crippen LogP contribution >= 0.6 is 0 Å². The van der Waals surface area contributed by atoms with Crippen molar-refractivity contribution in [3.8, 4) is 11.6 Å². The number of nitrogen functional groups attached to an aromatic ring is 1. The van der Waals surface area contributed by atoms with Gasteiger partial charge in [-0.25, -0.2) is 0 Å². The summed E-state index contributed by atoms with van der Waals surface area (Å²) >= 11 is 0. The number of nitrogens with two attached hydrogens (primary N) is 1. The van der Waals surface area contributed by atoms with Crippen LogP contribution in [0.5, 0.6) is 0 Å². The van der Waals surface area contributed by atoms with E-state index in [-0.39, 0.29) is 5.95 Å². The molecule has 1 fully saturated rings. The number of aromatic nitrogens is 6. The Morgan fingerprint density at radius 2 is 2.00 bits per heavy atom. The SMILES string of the molecule is Cc1cc(CN2CCN(c3nc(N)n4nc(-c5ccco5)nc4n3)CC2)no1. The van der Waals surface area contributed by atoms with Gasteiger partial charge >= 0.3 is 0 Å². The number of hydrogen-bond donors (Lipinski definition) is 1. The van der Waals surface area contributed by atoms with Crippen LogP contribution in [0.25, 0.3) is 17.4 Å². The minimum atomic E-state index is 0.241. The van der Waals surface area contributed by atoms with Crippen molar-refractivity contribution < 1.29 is 8.94 Å². The van der Waals surface area contributed by atoms with Crippen LogP contribution in [0.15, 0.2) is 33.4 Å². The Labute approximate surface area is 159 Å². The first kappa shape index (κ1) is 16.7. The highest BCUT2D eigenvalue weighted by Crippen LogP contribution is 2.19. The van der Waals surface area contributed by atoms with Crippen molar-refractivity contribution in [1.82, 2.24) is 34.6 Å². The van der Waals surface area contributed by atoms with Crippen molar-refractivity contribution in [3.05, 3.63) is 35.9 Å². The quantitative estimate of drug-likeness (QED) is 0.546. The maximum atomic E-state index is 6.09. The Morgan fingerprint density at radius 3 is 2.71 bits per heavy atom. The first-order valence-corrected chi connectivity index (χ1v) is 8.99. The van der Waals surface area contributed by atoms with Gasteiger partial charge < -0.3 is 19.6 Å². The van der Waals surface area contributed by atoms with Gasteiger partial charge in [0.2, 0.25) is 17.7 Å². The van der Waals surface area contributed by atoms with Crippen LogP contribution in [0.4, 0.5) is 11.9 Å². The molecule has 28 heavy (non-hydrogen) atoms. The van der Waals surface area contributed by atoms with E-state index in [2.05, 4.69) is 35.0 Å². The molecule has 4 aromatic heterocycles. The molecule has 4 aromatic rings. The molecule has 11 heteroatoms. The third-order valence-corrected chi connectivity index (χ3v) is 4.68. The molecule has 1 aliphatic rings. The summed E-state index contributed by atoms with van der Waals surface area (Å²) in [4.78, 5) is 17.8. The maximum Gasteiger partial charge on any atom is 0.259 e. The lowest BCUT2D eigenvalue weighted by Crippen LogP contribution is -2.46. The zero-order chi connectivity index (χ0) is 19.1. The number of fused-ring (bicyclic) bond motifs is 1. The predicted octanol–water partition coefficient (Wildman–Crippen LogP) is 0.980. The molecule has 5 heterocycles. The standard InChI is InChI=1S/C17H19N9O2/c1-11-9-12(23-28-11)10-24-4-6-25(7-5-24)16-20-15(18)26-17(21-16)19-14(22-26)13-3-2-8-27-13/h2-3,8-9H,4-7,10H2,1H3,(H2,18,19,20,21,22). The number of anilines is 2. The van der Waals surface area contributed by atoms with E-state index in [1.54, 1.807) is 18.4 Å². The monoisotopic (exact) mass is 381 g/mol. The first-order chi connectivity index (χ1) is 13.7. The maximum absolute atomic E-state index is 6.09. The Hall–Kier alpha value is -3.47. The van der Waals surface area contributed by atoms with Gasteiger partial charge in [-0.1, -0.05) is 5.16 Å². The molecule has 2 N–H and O–H groups in total. The minimum absolute atomic E-state index is 0.241. The second-order valence-electron chi connectivity index (χ2n) is 6.70. The molecule has 0 amide bonds. The fraction of sp³-hybridized carbons (Fsp3) is 0.353. The zero-order valence-electron chi connectivity index (χ0n) is 15.3. The average molecular weight is 381 g/mol. The van der Waals surface area contributed by atoms with Crippen molar-refractivity contribution in [3.63, 3.8) is 0 Å². The zero-order valence-corrected chi connectivity index (χ0v) is 15.3. The molecule has 0 saturated carbocycles. The second kappa shape index (κ2) is 6.60. The normalized spacial score (nSPS) is 15.5. The average Bonchev–Trinajstić information content (AvgIpc) is 3.42. The summed E-state index contributed by atoms with van der Waals surface area (Å²) in [6.45, 7) is 5.96. The predicted molar refractivity (Wildman–Crippen MR) is 99.4 cm³/mol. The lowest BCUT2D eigenvalue weighted by Gasteiger charge is -2.34. The molecule has 0 aliphatic carbocycles. The number of rotatable bonds is 4. The van der Waals surface area contributed by atoms with Gasteiger partial charge in [0, 0.05) is 38.8 Å². The van der Waals surface area contributed by atoms with Crippen molar-refractivity contribution in [2.45, 2.75) is 13.5 Å².